The van der Waals surface area contributed by atoms with E-state index in [1.807, 2.05) is 0 Å². The van der Waals surface area contributed by atoms with E-state index in [-0.39, 0.29) is 17.6 Å². The smallest absolute Gasteiger partial charge is 0.231 e. The Morgan fingerprint density at radius 2 is 2.29 bits per heavy atom. The standard InChI is InChI=1S/C12H15FN2O2/c1-7-3-2-4-9(13)11(7)15-12(16)8-5-17-6-10(8)14/h2-4,8,10H,5-6,14H2,1H3,(H,15,16). The lowest BCUT2D eigenvalue weighted by Crippen LogP contribution is -2.37. The van der Waals surface area contributed by atoms with Gasteiger partial charge < -0.3 is 15.8 Å². The Morgan fingerprint density at radius 1 is 1.53 bits per heavy atom. The number of hydrogen-bond acceptors (Lipinski definition) is 3. The number of carbonyl (C=O) groups excluding carboxylic acids is 1. The largest absolute Gasteiger partial charge is 0.379 e. The number of para-hydroxylation sites is 1. The molecule has 2 rings (SSSR count). The molecule has 1 aliphatic rings. The fourth-order valence-electron chi connectivity index (χ4n) is 1.85. The van der Waals surface area contributed by atoms with Crippen molar-refractivity contribution in [2.75, 3.05) is 18.5 Å². The third kappa shape index (κ3) is 2.45. The number of halogens is 1. The lowest BCUT2D eigenvalue weighted by Gasteiger charge is -2.15. The number of amides is 1. The van der Waals surface area contributed by atoms with Crippen LogP contribution in [-0.4, -0.2) is 25.2 Å². The van der Waals surface area contributed by atoms with Crippen LogP contribution < -0.4 is 11.1 Å². The number of ether oxygens (including phenoxy) is 1. The summed E-state index contributed by atoms with van der Waals surface area (Å²) < 4.78 is 18.6. The minimum absolute atomic E-state index is 0.219. The second-order valence-electron chi connectivity index (χ2n) is 4.23. The van der Waals surface area contributed by atoms with E-state index in [4.69, 9.17) is 10.5 Å². The van der Waals surface area contributed by atoms with Crippen molar-refractivity contribution in [2.24, 2.45) is 11.7 Å². The zero-order chi connectivity index (χ0) is 12.4. The van der Waals surface area contributed by atoms with Crippen molar-refractivity contribution >= 4 is 11.6 Å². The lowest BCUT2D eigenvalue weighted by molar-refractivity contribution is -0.120. The number of benzene rings is 1. The first kappa shape index (κ1) is 12.0. The molecule has 0 aromatic heterocycles. The van der Waals surface area contributed by atoms with Gasteiger partial charge in [-0.3, -0.25) is 4.79 Å². The molecule has 2 unspecified atom stereocenters. The number of anilines is 1. The maximum absolute atomic E-state index is 13.5. The Hall–Kier alpha value is -1.46. The Labute approximate surface area is 98.9 Å². The molecule has 1 saturated heterocycles. The molecule has 5 heteroatoms. The molecule has 1 aromatic carbocycles. The van der Waals surface area contributed by atoms with Gasteiger partial charge in [-0.15, -0.1) is 0 Å². The van der Waals surface area contributed by atoms with Gasteiger partial charge in [0.05, 0.1) is 24.8 Å². The van der Waals surface area contributed by atoms with Gasteiger partial charge in [0.25, 0.3) is 0 Å². The van der Waals surface area contributed by atoms with E-state index in [0.29, 0.717) is 18.8 Å². The summed E-state index contributed by atoms with van der Waals surface area (Å²) >= 11 is 0. The highest BCUT2D eigenvalue weighted by Crippen LogP contribution is 2.21. The maximum Gasteiger partial charge on any atom is 0.231 e. The Morgan fingerprint density at radius 3 is 2.88 bits per heavy atom. The first-order chi connectivity index (χ1) is 8.09. The second kappa shape index (κ2) is 4.81. The van der Waals surface area contributed by atoms with Crippen molar-refractivity contribution in [2.45, 2.75) is 13.0 Å². The number of carbonyl (C=O) groups is 1. The molecular formula is C12H15FN2O2. The average molecular weight is 238 g/mol. The molecule has 92 valence electrons. The van der Waals surface area contributed by atoms with Crippen LogP contribution in [-0.2, 0) is 9.53 Å². The van der Waals surface area contributed by atoms with Gasteiger partial charge in [0.1, 0.15) is 5.82 Å². The van der Waals surface area contributed by atoms with Gasteiger partial charge in [0, 0.05) is 6.04 Å². The second-order valence-corrected chi connectivity index (χ2v) is 4.23. The Kier molecular flexibility index (Phi) is 3.40. The minimum Gasteiger partial charge on any atom is -0.379 e. The summed E-state index contributed by atoms with van der Waals surface area (Å²) in [5.41, 5.74) is 6.64. The molecular weight excluding hydrogens is 223 g/mol. The van der Waals surface area contributed by atoms with Crippen molar-refractivity contribution < 1.29 is 13.9 Å². The quantitative estimate of drug-likeness (QED) is 0.809. The fraction of sp³-hybridized carbons (Fsp3) is 0.417. The summed E-state index contributed by atoms with van der Waals surface area (Å²) in [4.78, 5) is 11.9. The van der Waals surface area contributed by atoms with Gasteiger partial charge in [-0.2, -0.15) is 0 Å². The van der Waals surface area contributed by atoms with Crippen LogP contribution in [0.25, 0.3) is 0 Å². The highest BCUT2D eigenvalue weighted by molar-refractivity contribution is 5.94. The van der Waals surface area contributed by atoms with Crippen molar-refractivity contribution in [1.82, 2.24) is 0 Å². The van der Waals surface area contributed by atoms with Crippen LogP contribution >= 0.6 is 0 Å². The number of nitrogens with two attached hydrogens (primary N) is 1. The van der Waals surface area contributed by atoms with Crippen molar-refractivity contribution in [1.29, 1.82) is 0 Å². The predicted molar refractivity (Wildman–Crippen MR) is 62.1 cm³/mol. The summed E-state index contributed by atoms with van der Waals surface area (Å²) in [6.45, 7) is 2.40. The zero-order valence-electron chi connectivity index (χ0n) is 9.57. The topological polar surface area (TPSA) is 64.3 Å². The third-order valence-electron chi connectivity index (χ3n) is 2.93. The van der Waals surface area contributed by atoms with Gasteiger partial charge in [-0.1, -0.05) is 12.1 Å². The molecule has 1 aromatic rings. The first-order valence-electron chi connectivity index (χ1n) is 5.49. The van der Waals surface area contributed by atoms with Crippen LogP contribution in [0.3, 0.4) is 0 Å². The summed E-state index contributed by atoms with van der Waals surface area (Å²) in [5, 5.41) is 2.58. The van der Waals surface area contributed by atoms with E-state index in [1.165, 1.54) is 6.07 Å². The van der Waals surface area contributed by atoms with Gasteiger partial charge in [-0.05, 0) is 18.6 Å². The van der Waals surface area contributed by atoms with Crippen LogP contribution in [0.5, 0.6) is 0 Å². The van der Waals surface area contributed by atoms with E-state index in [9.17, 15) is 9.18 Å². The highest BCUT2D eigenvalue weighted by atomic mass is 19.1. The van der Waals surface area contributed by atoms with Gasteiger partial charge in [0.15, 0.2) is 0 Å². The monoisotopic (exact) mass is 238 g/mol. The van der Waals surface area contributed by atoms with Gasteiger partial charge in [-0.25, -0.2) is 4.39 Å². The Balaban J connectivity index is 2.13. The molecule has 0 spiro atoms. The van der Waals surface area contributed by atoms with Crippen LogP contribution in [0.4, 0.5) is 10.1 Å². The molecule has 17 heavy (non-hydrogen) atoms. The van der Waals surface area contributed by atoms with E-state index in [1.54, 1.807) is 19.1 Å². The molecule has 1 amide bonds. The summed E-state index contributed by atoms with van der Waals surface area (Å²) in [7, 11) is 0. The molecule has 3 N–H and O–H groups in total. The number of rotatable bonds is 2. The molecule has 0 saturated carbocycles. The molecule has 0 radical (unpaired) electrons. The zero-order valence-corrected chi connectivity index (χ0v) is 9.57. The van der Waals surface area contributed by atoms with Gasteiger partial charge in [0.2, 0.25) is 5.91 Å². The molecule has 0 aliphatic carbocycles. The summed E-state index contributed by atoms with van der Waals surface area (Å²) in [6.07, 6.45) is 0. The van der Waals surface area contributed by atoms with E-state index < -0.39 is 11.7 Å². The van der Waals surface area contributed by atoms with Crippen LogP contribution in [0.1, 0.15) is 5.56 Å². The minimum atomic E-state index is -0.439. The SMILES string of the molecule is Cc1cccc(F)c1NC(=O)C1COCC1N. The van der Waals surface area contributed by atoms with Crippen molar-refractivity contribution in [3.05, 3.63) is 29.6 Å². The average Bonchev–Trinajstić information content (AvgIpc) is 2.70. The molecule has 4 nitrogen and oxygen atoms in total. The molecule has 1 fully saturated rings. The summed E-state index contributed by atoms with van der Waals surface area (Å²) in [6, 6.07) is 4.34. The third-order valence-corrected chi connectivity index (χ3v) is 2.93. The van der Waals surface area contributed by atoms with Crippen LogP contribution in [0, 0.1) is 18.7 Å². The van der Waals surface area contributed by atoms with E-state index >= 15 is 0 Å². The lowest BCUT2D eigenvalue weighted by atomic mass is 10.0. The van der Waals surface area contributed by atoms with Gasteiger partial charge >= 0.3 is 0 Å². The molecule has 1 heterocycles. The molecule has 0 bridgehead atoms. The predicted octanol–water partition coefficient (Wildman–Crippen LogP) is 1.05. The number of aryl methyl sites for hydroxylation is 1. The maximum atomic E-state index is 13.5. The molecule has 1 aliphatic heterocycles. The highest BCUT2D eigenvalue weighted by Gasteiger charge is 2.31. The van der Waals surface area contributed by atoms with Crippen LogP contribution in [0.2, 0.25) is 0 Å². The normalized spacial score (nSPS) is 23.7. The number of hydrogen-bond donors (Lipinski definition) is 2. The fourth-order valence-corrected chi connectivity index (χ4v) is 1.85. The van der Waals surface area contributed by atoms with E-state index in [2.05, 4.69) is 5.32 Å². The van der Waals surface area contributed by atoms with Crippen molar-refractivity contribution in [3.63, 3.8) is 0 Å². The summed E-state index contributed by atoms with van der Waals surface area (Å²) in [5.74, 6) is -1.14. The number of nitrogens with one attached hydrogen (secondary N) is 1. The molecule has 2 atom stereocenters. The Bertz CT molecular complexity index is 416. The van der Waals surface area contributed by atoms with E-state index in [0.717, 1.165) is 0 Å². The van der Waals surface area contributed by atoms with Crippen LogP contribution in [0.15, 0.2) is 18.2 Å². The first-order valence-corrected chi connectivity index (χ1v) is 5.49. The van der Waals surface area contributed by atoms with Crippen molar-refractivity contribution in [3.8, 4) is 0 Å².